The molecule has 5 rings (SSSR count). The maximum atomic E-state index is 11.7. The van der Waals surface area contributed by atoms with Crippen LogP contribution in [0.25, 0.3) is 22.4 Å². The van der Waals surface area contributed by atoms with Gasteiger partial charge in [0, 0.05) is 23.3 Å². The van der Waals surface area contributed by atoms with Crippen molar-refractivity contribution in [1.29, 1.82) is 0 Å². The van der Waals surface area contributed by atoms with Gasteiger partial charge < -0.3 is 9.88 Å². The van der Waals surface area contributed by atoms with Crippen LogP contribution in [0.15, 0.2) is 60.7 Å². The van der Waals surface area contributed by atoms with Crippen molar-refractivity contribution in [3.63, 3.8) is 0 Å². The summed E-state index contributed by atoms with van der Waals surface area (Å²) in [6.45, 7) is 6.52. The lowest BCUT2D eigenvalue weighted by Crippen LogP contribution is -2.39. The highest BCUT2D eigenvalue weighted by atomic mass is 32.2. The minimum Gasteiger partial charge on any atom is -0.367 e. The van der Waals surface area contributed by atoms with Crippen LogP contribution in [0.5, 0.6) is 0 Å². The van der Waals surface area contributed by atoms with Crippen LogP contribution in [-0.2, 0) is 10.0 Å². The summed E-state index contributed by atoms with van der Waals surface area (Å²) in [7, 11) is -3.20. The number of hydrogen-bond donors (Lipinski definition) is 2. The van der Waals surface area contributed by atoms with E-state index in [4.69, 9.17) is 9.97 Å². The molecular weight excluding hydrogens is 482 g/mol. The Labute approximate surface area is 219 Å². The molecule has 2 N–H and O–H groups in total. The van der Waals surface area contributed by atoms with E-state index in [0.29, 0.717) is 5.82 Å². The Morgan fingerprint density at radius 2 is 1.49 bits per heavy atom. The lowest BCUT2D eigenvalue weighted by molar-refractivity contribution is 0.388. The summed E-state index contributed by atoms with van der Waals surface area (Å²) in [5.74, 6) is 1.55. The molecule has 0 spiro atoms. The van der Waals surface area contributed by atoms with E-state index in [9.17, 15) is 8.42 Å². The van der Waals surface area contributed by atoms with Gasteiger partial charge in [-0.25, -0.2) is 23.1 Å². The molecule has 1 aliphatic carbocycles. The van der Waals surface area contributed by atoms with Gasteiger partial charge in [0.05, 0.1) is 17.7 Å². The highest BCUT2D eigenvalue weighted by Crippen LogP contribution is 2.36. The summed E-state index contributed by atoms with van der Waals surface area (Å²) < 4.78 is 28.4. The van der Waals surface area contributed by atoms with Crippen molar-refractivity contribution in [1.82, 2.24) is 19.3 Å². The van der Waals surface area contributed by atoms with Crippen LogP contribution in [0.2, 0.25) is 0 Å². The third kappa shape index (κ3) is 5.40. The van der Waals surface area contributed by atoms with Gasteiger partial charge in [0.15, 0.2) is 5.82 Å². The third-order valence-corrected chi connectivity index (χ3v) is 8.31. The van der Waals surface area contributed by atoms with E-state index in [0.717, 1.165) is 48.1 Å². The van der Waals surface area contributed by atoms with E-state index < -0.39 is 10.0 Å². The van der Waals surface area contributed by atoms with Gasteiger partial charge in [0.25, 0.3) is 0 Å². The van der Waals surface area contributed by atoms with Crippen molar-refractivity contribution in [2.75, 3.05) is 11.6 Å². The molecule has 1 aliphatic rings. The van der Waals surface area contributed by atoms with E-state index in [1.165, 1.54) is 23.1 Å². The predicted octanol–water partition coefficient (Wildman–Crippen LogP) is 5.60. The summed E-state index contributed by atoms with van der Waals surface area (Å²) in [5.41, 5.74) is 5.48. The number of fused-ring (bicyclic) bond motifs is 1. The number of benzene rings is 2. The molecule has 0 bridgehead atoms. The van der Waals surface area contributed by atoms with Crippen molar-refractivity contribution >= 4 is 26.9 Å². The van der Waals surface area contributed by atoms with Crippen LogP contribution in [0.4, 0.5) is 5.82 Å². The molecule has 4 aromatic rings. The molecule has 2 aromatic heterocycles. The number of anilines is 1. The summed E-state index contributed by atoms with van der Waals surface area (Å²) >= 11 is 0. The van der Waals surface area contributed by atoms with Crippen LogP contribution in [0, 0.1) is 13.8 Å². The molecule has 1 atom stereocenters. The fourth-order valence-electron chi connectivity index (χ4n) is 5.52. The fraction of sp³-hybridized carbons (Fsp3) is 0.379. The van der Waals surface area contributed by atoms with Crippen LogP contribution < -0.4 is 10.0 Å². The Bertz CT molecular complexity index is 1490. The van der Waals surface area contributed by atoms with Gasteiger partial charge in [-0.05, 0) is 57.6 Å². The van der Waals surface area contributed by atoms with Gasteiger partial charge in [-0.1, -0.05) is 60.7 Å². The van der Waals surface area contributed by atoms with Gasteiger partial charge in [0.1, 0.15) is 11.5 Å². The van der Waals surface area contributed by atoms with Crippen molar-refractivity contribution in [3.05, 3.63) is 77.5 Å². The van der Waals surface area contributed by atoms with E-state index in [2.05, 4.69) is 59.6 Å². The van der Waals surface area contributed by atoms with E-state index in [1.807, 2.05) is 36.4 Å². The maximum Gasteiger partial charge on any atom is 0.208 e. The zero-order chi connectivity index (χ0) is 26.2. The first-order chi connectivity index (χ1) is 17.7. The molecule has 194 valence electrons. The van der Waals surface area contributed by atoms with E-state index in [1.54, 1.807) is 0 Å². The van der Waals surface area contributed by atoms with Crippen molar-refractivity contribution < 1.29 is 8.42 Å². The Hall–Kier alpha value is -3.23. The summed E-state index contributed by atoms with van der Waals surface area (Å²) in [6, 6.07) is 20.9. The van der Waals surface area contributed by atoms with E-state index >= 15 is 0 Å². The average Bonchev–Trinajstić information content (AvgIpc) is 3.14. The van der Waals surface area contributed by atoms with Crippen molar-refractivity contribution in [2.45, 2.75) is 64.6 Å². The SMILES string of the molecule is Cc1c(C)n(C(C)c2ccccc2)c2nc(-c3ccccc3)nc(N[C@H]3CC[C@H](NS(C)(=O)=O)CC3)c12. The first kappa shape index (κ1) is 25.4. The highest BCUT2D eigenvalue weighted by Gasteiger charge is 2.27. The lowest BCUT2D eigenvalue weighted by atomic mass is 9.92. The normalized spacial score (nSPS) is 19.1. The molecule has 0 amide bonds. The zero-order valence-electron chi connectivity index (χ0n) is 21.9. The monoisotopic (exact) mass is 517 g/mol. The maximum absolute atomic E-state index is 11.7. The first-order valence-corrected chi connectivity index (χ1v) is 14.8. The summed E-state index contributed by atoms with van der Waals surface area (Å²) in [4.78, 5) is 10.2. The van der Waals surface area contributed by atoms with Crippen LogP contribution in [0.1, 0.15) is 55.5 Å². The first-order valence-electron chi connectivity index (χ1n) is 12.9. The van der Waals surface area contributed by atoms with Gasteiger partial charge in [-0.2, -0.15) is 0 Å². The predicted molar refractivity (Wildman–Crippen MR) is 150 cm³/mol. The molecule has 1 saturated carbocycles. The smallest absolute Gasteiger partial charge is 0.208 e. The standard InChI is InChI=1S/C29H35N5O2S/c1-19-20(2)34(21(3)22-11-7-5-8-12-22)29-26(19)28(31-27(32-29)23-13-9-6-10-14-23)30-24-15-17-25(18-16-24)33-37(4,35)36/h5-14,21,24-25,33H,15-18H2,1-4H3,(H,30,31,32)/t21?,24-,25-. The van der Waals surface area contributed by atoms with Crippen LogP contribution in [-0.4, -0.2) is 41.3 Å². The van der Waals surface area contributed by atoms with Gasteiger partial charge in [-0.3, -0.25) is 0 Å². The summed E-state index contributed by atoms with van der Waals surface area (Å²) in [5, 5.41) is 4.79. The van der Waals surface area contributed by atoms with Crippen molar-refractivity contribution in [2.24, 2.45) is 0 Å². The molecular formula is C29H35N5O2S. The highest BCUT2D eigenvalue weighted by molar-refractivity contribution is 7.88. The average molecular weight is 518 g/mol. The molecule has 2 aromatic carbocycles. The molecule has 7 nitrogen and oxygen atoms in total. The van der Waals surface area contributed by atoms with Gasteiger partial charge >= 0.3 is 0 Å². The molecule has 0 saturated heterocycles. The number of sulfonamides is 1. The fourth-order valence-corrected chi connectivity index (χ4v) is 6.36. The Morgan fingerprint density at radius 1 is 0.892 bits per heavy atom. The molecule has 2 heterocycles. The number of hydrogen-bond acceptors (Lipinski definition) is 5. The zero-order valence-corrected chi connectivity index (χ0v) is 22.7. The molecule has 37 heavy (non-hydrogen) atoms. The van der Waals surface area contributed by atoms with Gasteiger partial charge in [-0.15, -0.1) is 0 Å². The third-order valence-electron chi connectivity index (χ3n) is 7.55. The molecule has 0 radical (unpaired) electrons. The minimum atomic E-state index is -3.20. The quantitative estimate of drug-likeness (QED) is 0.333. The Morgan fingerprint density at radius 3 is 2.11 bits per heavy atom. The second-order valence-electron chi connectivity index (χ2n) is 10.2. The molecule has 1 unspecified atom stereocenters. The Balaban J connectivity index is 1.56. The second-order valence-corrected chi connectivity index (χ2v) is 12.0. The number of nitrogens with one attached hydrogen (secondary N) is 2. The number of aryl methyl sites for hydroxylation is 1. The topological polar surface area (TPSA) is 88.9 Å². The second kappa shape index (κ2) is 10.3. The molecule has 0 aliphatic heterocycles. The number of rotatable bonds is 7. The number of aromatic nitrogens is 3. The van der Waals surface area contributed by atoms with E-state index in [-0.39, 0.29) is 18.1 Å². The minimum absolute atomic E-state index is 0.00451. The van der Waals surface area contributed by atoms with Gasteiger partial charge in [0.2, 0.25) is 10.0 Å². The Kier molecular flexibility index (Phi) is 7.05. The molecule has 8 heteroatoms. The van der Waals surface area contributed by atoms with Crippen LogP contribution in [0.3, 0.4) is 0 Å². The molecule has 1 fully saturated rings. The lowest BCUT2D eigenvalue weighted by Gasteiger charge is -2.29. The number of nitrogens with zero attached hydrogens (tertiary/aromatic N) is 3. The summed E-state index contributed by atoms with van der Waals surface area (Å²) in [6.07, 6.45) is 4.58. The van der Waals surface area contributed by atoms with Crippen LogP contribution >= 0.6 is 0 Å². The van der Waals surface area contributed by atoms with Crippen molar-refractivity contribution in [3.8, 4) is 11.4 Å². The largest absolute Gasteiger partial charge is 0.367 e.